The summed E-state index contributed by atoms with van der Waals surface area (Å²) in [5, 5.41) is 3.70. The fourth-order valence-electron chi connectivity index (χ4n) is 3.52. The Kier molecular flexibility index (Phi) is 4.91. The molecule has 3 rings (SSSR count). The molecule has 0 saturated carbocycles. The van der Waals surface area contributed by atoms with Crippen molar-refractivity contribution in [2.24, 2.45) is 5.73 Å². The summed E-state index contributed by atoms with van der Waals surface area (Å²) in [6, 6.07) is 9.26. The number of hydrogen-bond donors (Lipinski definition) is 2. The summed E-state index contributed by atoms with van der Waals surface area (Å²) in [4.78, 5) is 4.99. The molecule has 1 aromatic carbocycles. The first-order valence-electron chi connectivity index (χ1n) is 8.23. The number of nitrogens with one attached hydrogen (secondary N) is 1. The van der Waals surface area contributed by atoms with Crippen LogP contribution in [0.4, 0.5) is 0 Å². The van der Waals surface area contributed by atoms with Crippen molar-refractivity contribution >= 4 is 0 Å². The van der Waals surface area contributed by atoms with Crippen LogP contribution in [0.1, 0.15) is 36.1 Å². The number of hydrogen-bond acceptors (Lipinski definition) is 4. The topological polar surface area (TPSA) is 44.5 Å². The molecule has 21 heavy (non-hydrogen) atoms. The Morgan fingerprint density at radius 3 is 2.62 bits per heavy atom. The van der Waals surface area contributed by atoms with Gasteiger partial charge in [-0.25, -0.2) is 0 Å². The number of rotatable bonds is 5. The molecule has 1 aliphatic carbocycles. The van der Waals surface area contributed by atoms with Crippen molar-refractivity contribution in [3.05, 3.63) is 35.4 Å². The number of benzene rings is 1. The molecule has 0 aromatic heterocycles. The van der Waals surface area contributed by atoms with Crippen molar-refractivity contribution in [2.75, 3.05) is 46.3 Å². The lowest BCUT2D eigenvalue weighted by atomic mass is 10.1. The summed E-state index contributed by atoms with van der Waals surface area (Å²) in [6.45, 7) is 7.14. The molecule has 1 aliphatic heterocycles. The molecule has 1 aromatic rings. The molecule has 3 N–H and O–H groups in total. The number of likely N-dealkylation sites (N-methyl/N-ethyl adjacent to an activating group) is 1. The first-order chi connectivity index (χ1) is 10.2. The van der Waals surface area contributed by atoms with Crippen LogP contribution >= 0.6 is 0 Å². The predicted octanol–water partition coefficient (Wildman–Crippen LogP) is 1.36. The van der Waals surface area contributed by atoms with Gasteiger partial charge in [-0.05, 0) is 44.1 Å². The normalized spacial score (nSPS) is 27.0. The van der Waals surface area contributed by atoms with Crippen molar-refractivity contribution in [1.29, 1.82) is 0 Å². The maximum atomic E-state index is 6.22. The molecule has 1 heterocycles. The van der Waals surface area contributed by atoms with Gasteiger partial charge in [0.2, 0.25) is 0 Å². The summed E-state index contributed by atoms with van der Waals surface area (Å²) < 4.78 is 0. The predicted molar refractivity (Wildman–Crippen MR) is 87.3 cm³/mol. The number of fused-ring (bicyclic) bond motifs is 1. The standard InChI is InChI=1S/C17H28N4/c1-20-9-11-21(12-10-20)8-4-7-19-17-13-16(18)14-5-2-3-6-15(14)17/h2-3,5-6,16-17,19H,4,7-13,18H2,1H3. The summed E-state index contributed by atoms with van der Waals surface area (Å²) in [6.07, 6.45) is 2.26. The second-order valence-corrected chi connectivity index (χ2v) is 6.48. The Labute approximate surface area is 128 Å². The molecule has 2 unspecified atom stereocenters. The first kappa shape index (κ1) is 15.0. The smallest absolute Gasteiger partial charge is 0.0341 e. The van der Waals surface area contributed by atoms with E-state index in [9.17, 15) is 0 Å². The third kappa shape index (κ3) is 3.64. The Hall–Kier alpha value is -0.940. The van der Waals surface area contributed by atoms with E-state index >= 15 is 0 Å². The zero-order valence-corrected chi connectivity index (χ0v) is 13.1. The van der Waals surface area contributed by atoms with E-state index in [0.717, 1.165) is 13.0 Å². The van der Waals surface area contributed by atoms with Gasteiger partial charge in [0.25, 0.3) is 0 Å². The Balaban J connectivity index is 1.40. The second kappa shape index (κ2) is 6.88. The largest absolute Gasteiger partial charge is 0.324 e. The highest BCUT2D eigenvalue weighted by molar-refractivity contribution is 5.37. The van der Waals surface area contributed by atoms with E-state index in [0.29, 0.717) is 6.04 Å². The highest BCUT2D eigenvalue weighted by Gasteiger charge is 2.27. The van der Waals surface area contributed by atoms with E-state index in [1.165, 1.54) is 50.3 Å². The lowest BCUT2D eigenvalue weighted by Crippen LogP contribution is -2.45. The van der Waals surface area contributed by atoms with E-state index in [2.05, 4.69) is 46.4 Å². The quantitative estimate of drug-likeness (QED) is 0.803. The monoisotopic (exact) mass is 288 g/mol. The van der Waals surface area contributed by atoms with Gasteiger partial charge in [0.1, 0.15) is 0 Å². The van der Waals surface area contributed by atoms with Crippen molar-refractivity contribution in [1.82, 2.24) is 15.1 Å². The van der Waals surface area contributed by atoms with Gasteiger partial charge in [-0.2, -0.15) is 0 Å². The minimum Gasteiger partial charge on any atom is -0.324 e. The van der Waals surface area contributed by atoms with E-state index < -0.39 is 0 Å². The zero-order chi connectivity index (χ0) is 14.7. The van der Waals surface area contributed by atoms with Gasteiger partial charge in [-0.15, -0.1) is 0 Å². The average Bonchev–Trinajstić information content (AvgIpc) is 2.83. The number of piperazine rings is 1. The average molecular weight is 288 g/mol. The van der Waals surface area contributed by atoms with E-state index in [-0.39, 0.29) is 6.04 Å². The molecule has 0 spiro atoms. The highest BCUT2D eigenvalue weighted by Crippen LogP contribution is 2.36. The highest BCUT2D eigenvalue weighted by atomic mass is 15.2. The number of nitrogens with zero attached hydrogens (tertiary/aromatic N) is 2. The minimum absolute atomic E-state index is 0.205. The van der Waals surface area contributed by atoms with Crippen LogP contribution in [-0.2, 0) is 0 Å². The molecule has 4 heteroatoms. The van der Waals surface area contributed by atoms with Crippen LogP contribution in [-0.4, -0.2) is 56.1 Å². The van der Waals surface area contributed by atoms with Gasteiger partial charge in [-0.3, -0.25) is 0 Å². The molecule has 116 valence electrons. The van der Waals surface area contributed by atoms with Crippen LogP contribution in [0.5, 0.6) is 0 Å². The van der Waals surface area contributed by atoms with Crippen molar-refractivity contribution in [3.8, 4) is 0 Å². The summed E-state index contributed by atoms with van der Waals surface area (Å²) in [7, 11) is 2.21. The molecule has 1 fully saturated rings. The molecular formula is C17H28N4. The molecule has 0 amide bonds. The second-order valence-electron chi connectivity index (χ2n) is 6.48. The zero-order valence-electron chi connectivity index (χ0n) is 13.1. The van der Waals surface area contributed by atoms with Gasteiger partial charge >= 0.3 is 0 Å². The van der Waals surface area contributed by atoms with Gasteiger partial charge in [0, 0.05) is 38.3 Å². The van der Waals surface area contributed by atoms with Gasteiger partial charge in [-0.1, -0.05) is 24.3 Å². The van der Waals surface area contributed by atoms with Crippen LogP contribution in [0.25, 0.3) is 0 Å². The van der Waals surface area contributed by atoms with Crippen molar-refractivity contribution < 1.29 is 0 Å². The Morgan fingerprint density at radius 1 is 1.14 bits per heavy atom. The Bertz CT molecular complexity index is 454. The van der Waals surface area contributed by atoms with Gasteiger partial charge in [0.05, 0.1) is 0 Å². The maximum absolute atomic E-state index is 6.22. The van der Waals surface area contributed by atoms with Crippen LogP contribution in [0.3, 0.4) is 0 Å². The summed E-state index contributed by atoms with van der Waals surface area (Å²) in [5.74, 6) is 0. The third-order valence-electron chi connectivity index (χ3n) is 4.90. The lowest BCUT2D eigenvalue weighted by Gasteiger charge is -2.32. The lowest BCUT2D eigenvalue weighted by molar-refractivity contribution is 0.152. The van der Waals surface area contributed by atoms with Crippen molar-refractivity contribution in [3.63, 3.8) is 0 Å². The molecule has 2 aliphatic rings. The third-order valence-corrected chi connectivity index (χ3v) is 4.90. The molecule has 1 saturated heterocycles. The van der Waals surface area contributed by atoms with Crippen LogP contribution in [0.2, 0.25) is 0 Å². The van der Waals surface area contributed by atoms with E-state index in [1.54, 1.807) is 0 Å². The van der Waals surface area contributed by atoms with Crippen LogP contribution < -0.4 is 11.1 Å². The van der Waals surface area contributed by atoms with E-state index in [4.69, 9.17) is 5.73 Å². The fourth-order valence-corrected chi connectivity index (χ4v) is 3.52. The molecule has 4 nitrogen and oxygen atoms in total. The minimum atomic E-state index is 0.205. The van der Waals surface area contributed by atoms with Crippen LogP contribution in [0, 0.1) is 0 Å². The summed E-state index contributed by atoms with van der Waals surface area (Å²) >= 11 is 0. The molecule has 2 atom stereocenters. The first-order valence-corrected chi connectivity index (χ1v) is 8.23. The van der Waals surface area contributed by atoms with Gasteiger partial charge in [0.15, 0.2) is 0 Å². The maximum Gasteiger partial charge on any atom is 0.0341 e. The fraction of sp³-hybridized carbons (Fsp3) is 0.647. The Morgan fingerprint density at radius 2 is 1.86 bits per heavy atom. The SMILES string of the molecule is CN1CCN(CCCNC2CC(N)c3ccccc32)CC1. The summed E-state index contributed by atoms with van der Waals surface area (Å²) in [5.41, 5.74) is 8.95. The van der Waals surface area contributed by atoms with E-state index in [1.807, 2.05) is 0 Å². The molecule has 0 bridgehead atoms. The van der Waals surface area contributed by atoms with Crippen LogP contribution in [0.15, 0.2) is 24.3 Å². The molecule has 0 radical (unpaired) electrons. The van der Waals surface area contributed by atoms with Crippen molar-refractivity contribution in [2.45, 2.75) is 24.9 Å². The van der Waals surface area contributed by atoms with Gasteiger partial charge < -0.3 is 20.9 Å². The molecular weight excluding hydrogens is 260 g/mol. The number of nitrogens with two attached hydrogens (primary N) is 1.